The molecule has 4 heteroatoms. The molecular weight excluding hydrogens is 146 g/mol. The van der Waals surface area contributed by atoms with Gasteiger partial charge in [-0.2, -0.15) is 0 Å². The molecule has 0 bridgehead atoms. The molecule has 2 aliphatic heterocycles. The second kappa shape index (κ2) is 1.82. The summed E-state index contributed by atoms with van der Waals surface area (Å²) in [6.07, 6.45) is 0.287. The molecule has 0 radical (unpaired) electrons. The first-order valence-electron chi connectivity index (χ1n) is 3.59. The van der Waals surface area contributed by atoms with E-state index in [2.05, 4.69) is 5.32 Å². The molecule has 0 aromatic rings. The van der Waals surface area contributed by atoms with Gasteiger partial charge in [-0.25, -0.2) is 0 Å². The zero-order valence-corrected chi connectivity index (χ0v) is 6.22. The molecule has 2 amide bonds. The molecule has 2 rings (SSSR count). The SMILES string of the molecule is CC1(C2CC(=O)NC2=O)CO1. The van der Waals surface area contributed by atoms with Gasteiger partial charge in [0, 0.05) is 6.42 Å². The van der Waals surface area contributed by atoms with E-state index in [0.29, 0.717) is 6.61 Å². The number of nitrogens with one attached hydrogen (secondary N) is 1. The fourth-order valence-electron chi connectivity index (χ4n) is 1.36. The van der Waals surface area contributed by atoms with E-state index < -0.39 is 0 Å². The number of amides is 2. The summed E-state index contributed by atoms with van der Waals surface area (Å²) in [5.41, 5.74) is -0.351. The predicted octanol–water partition coefficient (Wildman–Crippen LogP) is -0.562. The molecule has 0 spiro atoms. The summed E-state index contributed by atoms with van der Waals surface area (Å²) >= 11 is 0. The van der Waals surface area contributed by atoms with Gasteiger partial charge in [0.05, 0.1) is 12.5 Å². The molecule has 0 saturated carbocycles. The van der Waals surface area contributed by atoms with E-state index in [-0.39, 0.29) is 29.8 Å². The molecule has 1 N–H and O–H groups in total. The van der Waals surface area contributed by atoms with Crippen molar-refractivity contribution in [3.63, 3.8) is 0 Å². The number of imide groups is 1. The first-order chi connectivity index (χ1) is 5.12. The Bertz CT molecular complexity index is 232. The summed E-state index contributed by atoms with van der Waals surface area (Å²) in [6.45, 7) is 2.45. The lowest BCUT2D eigenvalue weighted by Crippen LogP contribution is -2.29. The third-order valence-corrected chi connectivity index (χ3v) is 2.31. The summed E-state index contributed by atoms with van der Waals surface area (Å²) in [5, 5.41) is 2.26. The van der Waals surface area contributed by atoms with E-state index in [1.54, 1.807) is 0 Å². The Hall–Kier alpha value is -0.900. The predicted molar refractivity (Wildman–Crippen MR) is 35.6 cm³/mol. The van der Waals surface area contributed by atoms with Gasteiger partial charge < -0.3 is 4.74 Å². The van der Waals surface area contributed by atoms with Gasteiger partial charge in [-0.05, 0) is 6.92 Å². The van der Waals surface area contributed by atoms with Gasteiger partial charge in [0.15, 0.2) is 0 Å². The van der Waals surface area contributed by atoms with Gasteiger partial charge in [0.2, 0.25) is 11.8 Å². The van der Waals surface area contributed by atoms with Crippen molar-refractivity contribution in [3.8, 4) is 0 Å². The van der Waals surface area contributed by atoms with Crippen LogP contribution in [0.1, 0.15) is 13.3 Å². The van der Waals surface area contributed by atoms with Crippen molar-refractivity contribution in [3.05, 3.63) is 0 Å². The van der Waals surface area contributed by atoms with Crippen LogP contribution in [0.2, 0.25) is 0 Å². The Kier molecular flexibility index (Phi) is 1.12. The average Bonchev–Trinajstić information content (AvgIpc) is 2.55. The van der Waals surface area contributed by atoms with E-state index in [1.165, 1.54) is 0 Å². The quantitative estimate of drug-likeness (QED) is 0.408. The standard InChI is InChI=1S/C7H9NO3/c1-7(3-11-7)4-2-5(9)8-6(4)10/h4H,2-3H2,1H3,(H,8,9,10). The number of carbonyl (C=O) groups excluding carboxylic acids is 2. The first kappa shape index (κ1) is 6.79. The minimum Gasteiger partial charge on any atom is -0.369 e. The van der Waals surface area contributed by atoms with E-state index in [1.807, 2.05) is 6.92 Å². The molecule has 60 valence electrons. The van der Waals surface area contributed by atoms with Crippen LogP contribution in [0.5, 0.6) is 0 Å². The van der Waals surface area contributed by atoms with Crippen LogP contribution in [0, 0.1) is 5.92 Å². The lowest BCUT2D eigenvalue weighted by atomic mass is 9.93. The van der Waals surface area contributed by atoms with Crippen LogP contribution >= 0.6 is 0 Å². The summed E-state index contributed by atoms with van der Waals surface area (Å²) in [6, 6.07) is 0. The number of hydrogen-bond donors (Lipinski definition) is 1. The van der Waals surface area contributed by atoms with Gasteiger partial charge in [-0.1, -0.05) is 0 Å². The van der Waals surface area contributed by atoms with Crippen molar-refractivity contribution < 1.29 is 14.3 Å². The summed E-state index contributed by atoms with van der Waals surface area (Å²) < 4.78 is 5.09. The summed E-state index contributed by atoms with van der Waals surface area (Å²) in [4.78, 5) is 21.8. The molecule has 2 aliphatic rings. The number of hydrogen-bond acceptors (Lipinski definition) is 3. The minimum absolute atomic E-state index is 0.184. The highest BCUT2D eigenvalue weighted by molar-refractivity contribution is 6.04. The van der Waals surface area contributed by atoms with Crippen LogP contribution in [0.4, 0.5) is 0 Å². The van der Waals surface area contributed by atoms with Crippen LogP contribution in [-0.4, -0.2) is 24.0 Å². The minimum atomic E-state index is -0.351. The molecule has 0 aromatic heterocycles. The topological polar surface area (TPSA) is 58.7 Å². The van der Waals surface area contributed by atoms with Crippen LogP contribution in [0.3, 0.4) is 0 Å². The van der Waals surface area contributed by atoms with Gasteiger partial charge in [-0.15, -0.1) is 0 Å². The Balaban J connectivity index is 2.15. The maximum atomic E-state index is 11.1. The first-order valence-corrected chi connectivity index (χ1v) is 3.59. The lowest BCUT2D eigenvalue weighted by molar-refractivity contribution is -0.126. The van der Waals surface area contributed by atoms with Crippen molar-refractivity contribution in [2.45, 2.75) is 18.9 Å². The molecule has 11 heavy (non-hydrogen) atoms. The third kappa shape index (κ3) is 0.939. The zero-order valence-electron chi connectivity index (χ0n) is 6.22. The Morgan fingerprint density at radius 2 is 2.27 bits per heavy atom. The smallest absolute Gasteiger partial charge is 0.233 e. The van der Waals surface area contributed by atoms with E-state index in [9.17, 15) is 9.59 Å². The fraction of sp³-hybridized carbons (Fsp3) is 0.714. The van der Waals surface area contributed by atoms with Crippen LogP contribution in [-0.2, 0) is 14.3 Å². The highest BCUT2D eigenvalue weighted by Gasteiger charge is 2.53. The Morgan fingerprint density at radius 1 is 1.64 bits per heavy atom. The molecule has 2 fully saturated rings. The number of carbonyl (C=O) groups is 2. The number of ether oxygens (including phenoxy) is 1. The molecule has 2 atom stereocenters. The maximum Gasteiger partial charge on any atom is 0.233 e. The zero-order chi connectivity index (χ0) is 8.06. The second-order valence-corrected chi connectivity index (χ2v) is 3.27. The molecule has 2 heterocycles. The van der Waals surface area contributed by atoms with E-state index >= 15 is 0 Å². The van der Waals surface area contributed by atoms with E-state index in [0.717, 1.165) is 0 Å². The van der Waals surface area contributed by atoms with Crippen LogP contribution in [0.25, 0.3) is 0 Å². The van der Waals surface area contributed by atoms with Gasteiger partial charge in [0.25, 0.3) is 0 Å². The lowest BCUT2D eigenvalue weighted by Gasteiger charge is -2.08. The molecule has 2 saturated heterocycles. The fourth-order valence-corrected chi connectivity index (χ4v) is 1.36. The Morgan fingerprint density at radius 3 is 2.64 bits per heavy atom. The summed E-state index contributed by atoms with van der Waals surface area (Å²) in [5.74, 6) is -0.623. The highest BCUT2D eigenvalue weighted by Crippen LogP contribution is 2.38. The molecular formula is C7H9NO3. The van der Waals surface area contributed by atoms with Crippen molar-refractivity contribution in [1.82, 2.24) is 5.32 Å². The second-order valence-electron chi connectivity index (χ2n) is 3.27. The van der Waals surface area contributed by atoms with Gasteiger partial charge >= 0.3 is 0 Å². The molecule has 0 aromatic carbocycles. The monoisotopic (exact) mass is 155 g/mol. The normalized spacial score (nSPS) is 42.5. The summed E-state index contributed by atoms with van der Waals surface area (Å²) in [7, 11) is 0. The van der Waals surface area contributed by atoms with Crippen molar-refractivity contribution >= 4 is 11.8 Å². The third-order valence-electron chi connectivity index (χ3n) is 2.31. The van der Waals surface area contributed by atoms with E-state index in [4.69, 9.17) is 4.74 Å². The van der Waals surface area contributed by atoms with Crippen LogP contribution < -0.4 is 5.32 Å². The maximum absolute atomic E-state index is 11.1. The van der Waals surface area contributed by atoms with Gasteiger partial charge in [-0.3, -0.25) is 14.9 Å². The van der Waals surface area contributed by atoms with Gasteiger partial charge in [0.1, 0.15) is 5.60 Å². The largest absolute Gasteiger partial charge is 0.369 e. The molecule has 4 nitrogen and oxygen atoms in total. The van der Waals surface area contributed by atoms with Crippen LogP contribution in [0.15, 0.2) is 0 Å². The van der Waals surface area contributed by atoms with Crippen molar-refractivity contribution in [2.75, 3.05) is 6.61 Å². The molecule has 0 aliphatic carbocycles. The number of rotatable bonds is 1. The highest BCUT2D eigenvalue weighted by atomic mass is 16.6. The molecule has 2 unspecified atom stereocenters. The number of epoxide rings is 1. The van der Waals surface area contributed by atoms with Crippen molar-refractivity contribution in [1.29, 1.82) is 0 Å². The average molecular weight is 155 g/mol. The van der Waals surface area contributed by atoms with Crippen molar-refractivity contribution in [2.24, 2.45) is 5.92 Å². The Labute approximate surface area is 63.9 Å².